The van der Waals surface area contributed by atoms with Gasteiger partial charge in [-0.15, -0.1) is 5.10 Å². The van der Waals surface area contributed by atoms with Crippen molar-refractivity contribution in [1.29, 1.82) is 0 Å². The summed E-state index contributed by atoms with van der Waals surface area (Å²) in [5.74, 6) is 0.402. The molecule has 0 amide bonds. The standard InChI is InChI=1S/C28H27FN6O/c1-20-7-12-26-23(15-20)16-24(28(36)30-26)18-34(14-13-21-5-3-2-4-6-21)19-27-31-32-33-35(27)17-22-8-10-25(29)11-9-22/h2-12,15-16H,13-14,17-19H2,1H3,(H,30,36). The minimum absolute atomic E-state index is 0.0954. The number of tetrazole rings is 1. The predicted octanol–water partition coefficient (Wildman–Crippen LogP) is 4.26. The van der Waals surface area contributed by atoms with Gasteiger partial charge in [-0.25, -0.2) is 9.07 Å². The van der Waals surface area contributed by atoms with Crippen molar-refractivity contribution in [3.05, 3.63) is 123 Å². The fourth-order valence-corrected chi connectivity index (χ4v) is 4.30. The summed E-state index contributed by atoms with van der Waals surface area (Å²) in [5, 5.41) is 13.3. The van der Waals surface area contributed by atoms with Crippen molar-refractivity contribution in [1.82, 2.24) is 30.1 Å². The molecule has 0 aliphatic carbocycles. The topological polar surface area (TPSA) is 79.7 Å². The number of hydrogen-bond acceptors (Lipinski definition) is 5. The van der Waals surface area contributed by atoms with Gasteiger partial charge in [-0.05, 0) is 70.6 Å². The number of aromatic amines is 1. The van der Waals surface area contributed by atoms with E-state index in [9.17, 15) is 9.18 Å². The van der Waals surface area contributed by atoms with Gasteiger partial charge in [0, 0.05) is 24.2 Å². The monoisotopic (exact) mass is 482 g/mol. The number of aromatic nitrogens is 5. The van der Waals surface area contributed by atoms with Crippen LogP contribution in [0.25, 0.3) is 10.9 Å². The van der Waals surface area contributed by atoms with Crippen LogP contribution < -0.4 is 5.56 Å². The van der Waals surface area contributed by atoms with Gasteiger partial charge in [-0.2, -0.15) is 0 Å². The second-order valence-corrected chi connectivity index (χ2v) is 9.04. The van der Waals surface area contributed by atoms with Crippen LogP contribution >= 0.6 is 0 Å². The minimum Gasteiger partial charge on any atom is -0.322 e. The van der Waals surface area contributed by atoms with E-state index < -0.39 is 0 Å². The van der Waals surface area contributed by atoms with Gasteiger partial charge in [0.1, 0.15) is 5.82 Å². The zero-order chi connectivity index (χ0) is 24.9. The SMILES string of the molecule is Cc1ccc2[nH]c(=O)c(CN(CCc3ccccc3)Cc3nnnn3Cc3ccc(F)cc3)cc2c1. The van der Waals surface area contributed by atoms with Gasteiger partial charge in [-0.3, -0.25) is 9.69 Å². The molecular formula is C28H27FN6O. The molecular weight excluding hydrogens is 455 g/mol. The van der Waals surface area contributed by atoms with E-state index in [0.29, 0.717) is 31.0 Å². The van der Waals surface area contributed by atoms with Gasteiger partial charge >= 0.3 is 0 Å². The largest absolute Gasteiger partial charge is 0.322 e. The lowest BCUT2D eigenvalue weighted by Crippen LogP contribution is -2.30. The summed E-state index contributed by atoms with van der Waals surface area (Å²) in [6.07, 6.45) is 0.824. The van der Waals surface area contributed by atoms with Crippen LogP contribution in [-0.4, -0.2) is 36.6 Å². The summed E-state index contributed by atoms with van der Waals surface area (Å²) in [6.45, 7) is 4.11. The van der Waals surface area contributed by atoms with Gasteiger partial charge in [0.05, 0.1) is 13.1 Å². The zero-order valence-electron chi connectivity index (χ0n) is 20.1. The smallest absolute Gasteiger partial charge is 0.252 e. The molecule has 0 atom stereocenters. The first-order valence-corrected chi connectivity index (χ1v) is 11.9. The molecule has 0 saturated carbocycles. The first-order valence-electron chi connectivity index (χ1n) is 11.9. The lowest BCUT2D eigenvalue weighted by Gasteiger charge is -2.22. The molecule has 7 nitrogen and oxygen atoms in total. The molecule has 0 aliphatic rings. The van der Waals surface area contributed by atoms with Gasteiger partial charge in [0.15, 0.2) is 5.82 Å². The van der Waals surface area contributed by atoms with E-state index in [2.05, 4.69) is 43.6 Å². The third-order valence-corrected chi connectivity index (χ3v) is 6.25. The molecule has 0 aliphatic heterocycles. The van der Waals surface area contributed by atoms with Crippen LogP contribution in [0.1, 0.15) is 28.1 Å². The molecule has 2 aromatic heterocycles. The number of benzene rings is 3. The highest BCUT2D eigenvalue weighted by Crippen LogP contribution is 2.16. The fourth-order valence-electron chi connectivity index (χ4n) is 4.30. The van der Waals surface area contributed by atoms with Crippen LogP contribution in [0.5, 0.6) is 0 Å². The van der Waals surface area contributed by atoms with E-state index >= 15 is 0 Å². The number of H-pyrrole nitrogens is 1. The first kappa shape index (κ1) is 23.6. The number of fused-ring (bicyclic) bond motifs is 1. The maximum Gasteiger partial charge on any atom is 0.252 e. The van der Waals surface area contributed by atoms with E-state index in [1.54, 1.807) is 16.8 Å². The summed E-state index contributed by atoms with van der Waals surface area (Å²) in [6, 6.07) is 24.5. The van der Waals surface area contributed by atoms with E-state index in [1.165, 1.54) is 17.7 Å². The number of aryl methyl sites for hydroxylation is 1. The summed E-state index contributed by atoms with van der Waals surface area (Å²) in [5.41, 5.74) is 4.69. The van der Waals surface area contributed by atoms with Crippen molar-refractivity contribution in [2.24, 2.45) is 0 Å². The highest BCUT2D eigenvalue weighted by molar-refractivity contribution is 5.79. The highest BCUT2D eigenvalue weighted by atomic mass is 19.1. The average molecular weight is 483 g/mol. The molecule has 1 N–H and O–H groups in total. The summed E-state index contributed by atoms with van der Waals surface area (Å²) < 4.78 is 15.0. The first-order chi connectivity index (χ1) is 17.5. The molecule has 3 aromatic carbocycles. The van der Waals surface area contributed by atoms with Crippen LogP contribution in [0.3, 0.4) is 0 Å². The molecule has 0 saturated heterocycles. The molecule has 0 spiro atoms. The maximum atomic E-state index is 13.3. The second kappa shape index (κ2) is 10.6. The Bertz CT molecular complexity index is 1510. The predicted molar refractivity (Wildman–Crippen MR) is 137 cm³/mol. The Kier molecular flexibility index (Phi) is 6.95. The number of halogens is 1. The van der Waals surface area contributed by atoms with E-state index in [-0.39, 0.29) is 11.4 Å². The quantitative estimate of drug-likeness (QED) is 0.340. The van der Waals surface area contributed by atoms with Crippen LogP contribution in [-0.2, 0) is 26.1 Å². The summed E-state index contributed by atoms with van der Waals surface area (Å²) >= 11 is 0. The Morgan fingerprint density at radius 2 is 1.75 bits per heavy atom. The van der Waals surface area contributed by atoms with E-state index in [4.69, 9.17) is 0 Å². The molecule has 0 bridgehead atoms. The van der Waals surface area contributed by atoms with Crippen molar-refractivity contribution in [2.45, 2.75) is 33.0 Å². The van der Waals surface area contributed by atoms with Crippen molar-refractivity contribution in [3.63, 3.8) is 0 Å². The number of nitrogens with one attached hydrogen (secondary N) is 1. The van der Waals surface area contributed by atoms with Gasteiger partial charge in [0.25, 0.3) is 5.56 Å². The molecule has 5 rings (SSSR count). The van der Waals surface area contributed by atoms with E-state index in [0.717, 1.165) is 35.0 Å². The molecule has 0 unspecified atom stereocenters. The fraction of sp³-hybridized carbons (Fsp3) is 0.214. The molecule has 0 radical (unpaired) electrons. The van der Waals surface area contributed by atoms with E-state index in [1.807, 2.05) is 43.3 Å². The Balaban J connectivity index is 1.40. The lowest BCUT2D eigenvalue weighted by molar-refractivity contribution is 0.248. The lowest BCUT2D eigenvalue weighted by atomic mass is 10.1. The van der Waals surface area contributed by atoms with Crippen LogP contribution in [0.2, 0.25) is 0 Å². The van der Waals surface area contributed by atoms with Gasteiger partial charge < -0.3 is 4.98 Å². The Morgan fingerprint density at radius 1 is 0.944 bits per heavy atom. The number of hydrogen-bond donors (Lipinski definition) is 1. The van der Waals surface area contributed by atoms with Crippen molar-refractivity contribution >= 4 is 10.9 Å². The number of nitrogens with zero attached hydrogens (tertiary/aromatic N) is 5. The van der Waals surface area contributed by atoms with Crippen molar-refractivity contribution < 1.29 is 4.39 Å². The third kappa shape index (κ3) is 5.72. The summed E-state index contributed by atoms with van der Waals surface area (Å²) in [7, 11) is 0. The third-order valence-electron chi connectivity index (χ3n) is 6.25. The Labute approximate surface area is 208 Å². The molecule has 5 aromatic rings. The normalized spacial score (nSPS) is 11.4. The minimum atomic E-state index is -0.279. The average Bonchev–Trinajstić information content (AvgIpc) is 3.31. The Hall–Kier alpha value is -4.17. The highest BCUT2D eigenvalue weighted by Gasteiger charge is 2.16. The van der Waals surface area contributed by atoms with Crippen molar-refractivity contribution in [3.8, 4) is 0 Å². The number of rotatable bonds is 9. The van der Waals surface area contributed by atoms with Gasteiger partial charge in [0.2, 0.25) is 0 Å². The van der Waals surface area contributed by atoms with Crippen LogP contribution in [0.4, 0.5) is 4.39 Å². The Morgan fingerprint density at radius 3 is 2.56 bits per heavy atom. The van der Waals surface area contributed by atoms with Crippen molar-refractivity contribution in [2.75, 3.05) is 6.54 Å². The molecule has 8 heteroatoms. The maximum absolute atomic E-state index is 13.3. The summed E-state index contributed by atoms with van der Waals surface area (Å²) in [4.78, 5) is 18.1. The second-order valence-electron chi connectivity index (χ2n) is 9.04. The van der Waals surface area contributed by atoms with Crippen LogP contribution in [0.15, 0.2) is 83.7 Å². The zero-order valence-corrected chi connectivity index (χ0v) is 20.1. The number of pyridine rings is 1. The molecule has 182 valence electrons. The van der Waals surface area contributed by atoms with Crippen LogP contribution in [0, 0.1) is 12.7 Å². The molecule has 2 heterocycles. The molecule has 0 fully saturated rings. The molecule has 36 heavy (non-hydrogen) atoms. The van der Waals surface area contributed by atoms with Gasteiger partial charge in [-0.1, -0.05) is 54.1 Å².